The molecule has 0 bridgehead atoms. The Morgan fingerprint density at radius 3 is 2.52 bits per heavy atom. The zero-order valence-electron chi connectivity index (χ0n) is 12.6. The summed E-state index contributed by atoms with van der Waals surface area (Å²) in [6, 6.07) is 14.7. The standard InChI is InChI=1S/C17H17F2NOS2/c1-12-6-8-13(9-7-12)10-22-11-16(21)20-14-4-2-3-5-15(14)23-17(18)19/h2-9,17H,10-11H2,1H3,(H,20,21). The molecule has 0 aromatic heterocycles. The number of nitrogens with one attached hydrogen (secondary N) is 1. The topological polar surface area (TPSA) is 29.1 Å². The van der Waals surface area contributed by atoms with Crippen molar-refractivity contribution in [2.24, 2.45) is 0 Å². The molecule has 0 fully saturated rings. The Morgan fingerprint density at radius 2 is 1.83 bits per heavy atom. The van der Waals surface area contributed by atoms with Crippen LogP contribution in [0.5, 0.6) is 0 Å². The third kappa shape index (κ3) is 6.23. The summed E-state index contributed by atoms with van der Waals surface area (Å²) in [5.41, 5.74) is 2.78. The summed E-state index contributed by atoms with van der Waals surface area (Å²) in [6.07, 6.45) is 0. The van der Waals surface area contributed by atoms with Crippen LogP contribution in [0.1, 0.15) is 11.1 Å². The van der Waals surface area contributed by atoms with Gasteiger partial charge in [0.15, 0.2) is 0 Å². The van der Waals surface area contributed by atoms with Gasteiger partial charge in [0, 0.05) is 10.6 Å². The van der Waals surface area contributed by atoms with Crippen LogP contribution >= 0.6 is 23.5 Å². The Labute approximate surface area is 143 Å². The van der Waals surface area contributed by atoms with Crippen molar-refractivity contribution < 1.29 is 13.6 Å². The van der Waals surface area contributed by atoms with Gasteiger partial charge in [0.05, 0.1) is 11.4 Å². The van der Waals surface area contributed by atoms with Crippen LogP contribution in [0.4, 0.5) is 14.5 Å². The first-order valence-electron chi connectivity index (χ1n) is 7.01. The largest absolute Gasteiger partial charge is 0.324 e. The molecule has 0 saturated carbocycles. The van der Waals surface area contributed by atoms with Gasteiger partial charge < -0.3 is 5.32 Å². The summed E-state index contributed by atoms with van der Waals surface area (Å²) in [5.74, 6) is -1.68. The van der Waals surface area contributed by atoms with Crippen LogP contribution in [0, 0.1) is 6.92 Å². The van der Waals surface area contributed by atoms with E-state index in [1.54, 1.807) is 24.3 Å². The SMILES string of the molecule is Cc1ccc(CSCC(=O)Nc2ccccc2SC(F)F)cc1. The summed E-state index contributed by atoms with van der Waals surface area (Å²) >= 11 is 1.93. The number of hydrogen-bond donors (Lipinski definition) is 1. The van der Waals surface area contributed by atoms with Crippen molar-refractivity contribution >= 4 is 35.1 Å². The van der Waals surface area contributed by atoms with Gasteiger partial charge in [-0.2, -0.15) is 8.78 Å². The average Bonchev–Trinajstić information content (AvgIpc) is 2.51. The molecule has 0 aliphatic carbocycles. The first-order valence-corrected chi connectivity index (χ1v) is 9.05. The summed E-state index contributed by atoms with van der Waals surface area (Å²) < 4.78 is 25.0. The monoisotopic (exact) mass is 353 g/mol. The highest BCUT2D eigenvalue weighted by Gasteiger charge is 2.11. The van der Waals surface area contributed by atoms with E-state index in [0.29, 0.717) is 22.3 Å². The van der Waals surface area contributed by atoms with Gasteiger partial charge in [-0.25, -0.2) is 0 Å². The van der Waals surface area contributed by atoms with Gasteiger partial charge in [0.2, 0.25) is 5.91 Å². The first-order chi connectivity index (χ1) is 11.0. The van der Waals surface area contributed by atoms with Crippen molar-refractivity contribution in [1.82, 2.24) is 0 Å². The second-order valence-corrected chi connectivity index (χ2v) is 6.92. The molecule has 0 radical (unpaired) electrons. The van der Waals surface area contributed by atoms with Gasteiger partial charge in [-0.1, -0.05) is 53.7 Å². The number of anilines is 1. The molecule has 2 aromatic rings. The lowest BCUT2D eigenvalue weighted by Crippen LogP contribution is -2.14. The number of benzene rings is 2. The molecular weight excluding hydrogens is 336 g/mol. The zero-order chi connectivity index (χ0) is 16.7. The van der Waals surface area contributed by atoms with E-state index >= 15 is 0 Å². The number of carbonyl (C=O) groups is 1. The average molecular weight is 353 g/mol. The maximum absolute atomic E-state index is 12.5. The van der Waals surface area contributed by atoms with E-state index in [4.69, 9.17) is 0 Å². The molecule has 2 aromatic carbocycles. The highest BCUT2D eigenvalue weighted by molar-refractivity contribution is 7.99. The molecule has 0 aliphatic rings. The van der Waals surface area contributed by atoms with E-state index in [0.717, 1.165) is 11.3 Å². The van der Waals surface area contributed by atoms with Crippen molar-refractivity contribution in [2.45, 2.75) is 23.3 Å². The number of para-hydroxylation sites is 1. The van der Waals surface area contributed by atoms with Crippen molar-refractivity contribution in [3.63, 3.8) is 0 Å². The molecule has 2 rings (SSSR count). The van der Waals surface area contributed by atoms with E-state index in [-0.39, 0.29) is 11.7 Å². The summed E-state index contributed by atoms with van der Waals surface area (Å²) in [4.78, 5) is 12.3. The summed E-state index contributed by atoms with van der Waals surface area (Å²) in [5, 5.41) is 2.70. The lowest BCUT2D eigenvalue weighted by molar-refractivity contribution is -0.113. The molecule has 0 heterocycles. The second-order valence-electron chi connectivity index (χ2n) is 4.90. The number of thioether (sulfide) groups is 2. The van der Waals surface area contributed by atoms with E-state index < -0.39 is 5.76 Å². The predicted molar refractivity (Wildman–Crippen MR) is 94.3 cm³/mol. The number of rotatable bonds is 7. The molecule has 0 spiro atoms. The van der Waals surface area contributed by atoms with Gasteiger partial charge in [0.1, 0.15) is 0 Å². The fourth-order valence-corrected chi connectivity index (χ4v) is 3.28. The maximum Gasteiger partial charge on any atom is 0.288 e. The van der Waals surface area contributed by atoms with Crippen molar-refractivity contribution in [1.29, 1.82) is 0 Å². The Kier molecular flexibility index (Phi) is 6.92. The molecule has 1 N–H and O–H groups in total. The molecule has 122 valence electrons. The summed E-state index contributed by atoms with van der Waals surface area (Å²) in [7, 11) is 0. The molecule has 0 saturated heterocycles. The van der Waals surface area contributed by atoms with E-state index in [1.807, 2.05) is 31.2 Å². The molecule has 2 nitrogen and oxygen atoms in total. The van der Waals surface area contributed by atoms with Crippen LogP contribution in [0.2, 0.25) is 0 Å². The third-order valence-electron chi connectivity index (χ3n) is 3.00. The number of hydrogen-bond acceptors (Lipinski definition) is 3. The van der Waals surface area contributed by atoms with Gasteiger partial charge >= 0.3 is 0 Å². The number of alkyl halides is 2. The van der Waals surface area contributed by atoms with Crippen LogP contribution in [0.15, 0.2) is 53.4 Å². The van der Waals surface area contributed by atoms with Crippen molar-refractivity contribution in [2.75, 3.05) is 11.1 Å². The highest BCUT2D eigenvalue weighted by Crippen LogP contribution is 2.31. The number of aryl methyl sites for hydroxylation is 1. The lowest BCUT2D eigenvalue weighted by Gasteiger charge is -2.10. The molecule has 6 heteroatoms. The molecule has 1 amide bonds. The van der Waals surface area contributed by atoms with E-state index in [2.05, 4.69) is 5.32 Å². The zero-order valence-corrected chi connectivity index (χ0v) is 14.2. The van der Waals surface area contributed by atoms with E-state index in [9.17, 15) is 13.6 Å². The van der Waals surface area contributed by atoms with Crippen LogP contribution in [-0.2, 0) is 10.5 Å². The Morgan fingerprint density at radius 1 is 1.13 bits per heavy atom. The summed E-state index contributed by atoms with van der Waals surface area (Å²) in [6.45, 7) is 2.03. The Hall–Kier alpha value is -1.53. The second kappa shape index (κ2) is 8.93. The van der Waals surface area contributed by atoms with Crippen molar-refractivity contribution in [3.8, 4) is 0 Å². The minimum atomic E-state index is -2.51. The van der Waals surface area contributed by atoms with Crippen LogP contribution in [0.25, 0.3) is 0 Å². The normalized spacial score (nSPS) is 10.8. The van der Waals surface area contributed by atoms with Crippen LogP contribution in [0.3, 0.4) is 0 Å². The Bertz CT molecular complexity index is 647. The maximum atomic E-state index is 12.5. The quantitative estimate of drug-likeness (QED) is 0.695. The lowest BCUT2D eigenvalue weighted by atomic mass is 10.2. The van der Waals surface area contributed by atoms with Crippen LogP contribution < -0.4 is 5.32 Å². The van der Waals surface area contributed by atoms with Crippen molar-refractivity contribution in [3.05, 3.63) is 59.7 Å². The molecule has 0 atom stereocenters. The van der Waals surface area contributed by atoms with Gasteiger partial charge in [-0.3, -0.25) is 4.79 Å². The fourth-order valence-electron chi connectivity index (χ4n) is 1.90. The van der Waals surface area contributed by atoms with Crippen LogP contribution in [-0.4, -0.2) is 17.4 Å². The molecule has 23 heavy (non-hydrogen) atoms. The Balaban J connectivity index is 1.84. The third-order valence-corrected chi connectivity index (χ3v) is 4.79. The molecule has 0 aliphatic heterocycles. The van der Waals surface area contributed by atoms with E-state index in [1.165, 1.54) is 17.3 Å². The van der Waals surface area contributed by atoms with Gasteiger partial charge in [-0.15, -0.1) is 11.8 Å². The minimum Gasteiger partial charge on any atom is -0.324 e. The first kappa shape index (κ1) is 17.8. The minimum absolute atomic E-state index is 0.190. The smallest absolute Gasteiger partial charge is 0.288 e. The van der Waals surface area contributed by atoms with Gasteiger partial charge in [0.25, 0.3) is 5.76 Å². The molecular formula is C17H17F2NOS2. The predicted octanol–water partition coefficient (Wildman–Crippen LogP) is 5.18. The molecule has 0 unspecified atom stereocenters. The fraction of sp³-hybridized carbons (Fsp3) is 0.235. The highest BCUT2D eigenvalue weighted by atomic mass is 32.2. The number of halogens is 2. The number of carbonyl (C=O) groups excluding carboxylic acids is 1. The number of amides is 1. The van der Waals surface area contributed by atoms with Gasteiger partial charge in [-0.05, 0) is 24.6 Å².